The van der Waals surface area contributed by atoms with Crippen LogP contribution in [0.2, 0.25) is 0 Å². The zero-order valence-corrected chi connectivity index (χ0v) is 5.48. The lowest BCUT2D eigenvalue weighted by Crippen LogP contribution is -2.11. The molecule has 1 aromatic heterocycles. The lowest BCUT2D eigenvalue weighted by Gasteiger charge is -1.91. The molecule has 0 aromatic carbocycles. The quantitative estimate of drug-likeness (QED) is 0.526. The van der Waals surface area contributed by atoms with Crippen LogP contribution in [-0.4, -0.2) is 4.98 Å². The third-order valence-electron chi connectivity index (χ3n) is 1.78. The second-order valence-corrected chi connectivity index (χ2v) is 2.41. The van der Waals surface area contributed by atoms with Gasteiger partial charge in [0.15, 0.2) is 0 Å². The van der Waals surface area contributed by atoms with Crippen LogP contribution >= 0.6 is 0 Å². The van der Waals surface area contributed by atoms with E-state index in [9.17, 15) is 4.79 Å². The third-order valence-corrected chi connectivity index (χ3v) is 1.78. The molecule has 0 amide bonds. The molecule has 0 fully saturated rings. The number of hydrogen-bond donors (Lipinski definition) is 2. The van der Waals surface area contributed by atoms with Crippen LogP contribution in [0.15, 0.2) is 17.1 Å². The van der Waals surface area contributed by atoms with E-state index < -0.39 is 0 Å². The molecule has 2 rings (SSSR count). The summed E-state index contributed by atoms with van der Waals surface area (Å²) in [6, 6.07) is 1.94. The first-order chi connectivity index (χ1) is 4.88. The van der Waals surface area contributed by atoms with E-state index in [0.717, 1.165) is 17.7 Å². The molecule has 1 aliphatic rings. The van der Waals surface area contributed by atoms with Crippen molar-refractivity contribution in [3.63, 3.8) is 0 Å². The first-order valence-corrected chi connectivity index (χ1v) is 3.28. The molecule has 0 bridgehead atoms. The standard InChI is InChI=1S/C7H8N2O/c10-7-6-4-8-3-5(6)1-2-9-7/h1-2,8H,3-4H2,(H,9,10). The van der Waals surface area contributed by atoms with Crippen LogP contribution in [0.25, 0.3) is 0 Å². The highest BCUT2D eigenvalue weighted by atomic mass is 16.1. The van der Waals surface area contributed by atoms with E-state index >= 15 is 0 Å². The Bertz CT molecular complexity index is 303. The molecule has 0 saturated heterocycles. The minimum Gasteiger partial charge on any atom is -0.329 e. The molecule has 1 aromatic rings. The minimum atomic E-state index is 0.0440. The summed E-state index contributed by atoms with van der Waals surface area (Å²) < 4.78 is 0. The molecule has 52 valence electrons. The van der Waals surface area contributed by atoms with Gasteiger partial charge in [-0.1, -0.05) is 0 Å². The van der Waals surface area contributed by atoms with Crippen molar-refractivity contribution in [2.75, 3.05) is 0 Å². The zero-order valence-electron chi connectivity index (χ0n) is 5.48. The van der Waals surface area contributed by atoms with Gasteiger partial charge in [0.2, 0.25) is 0 Å². The summed E-state index contributed by atoms with van der Waals surface area (Å²) in [6.45, 7) is 1.55. The van der Waals surface area contributed by atoms with Crippen LogP contribution in [0.1, 0.15) is 11.1 Å². The maximum Gasteiger partial charge on any atom is 0.252 e. The van der Waals surface area contributed by atoms with Gasteiger partial charge >= 0.3 is 0 Å². The number of aromatic amines is 1. The van der Waals surface area contributed by atoms with Gasteiger partial charge in [0.1, 0.15) is 0 Å². The Kier molecular flexibility index (Phi) is 1.11. The number of hydrogen-bond acceptors (Lipinski definition) is 2. The van der Waals surface area contributed by atoms with E-state index in [2.05, 4.69) is 10.3 Å². The number of fused-ring (bicyclic) bond motifs is 1. The zero-order chi connectivity index (χ0) is 6.97. The maximum atomic E-state index is 11.0. The molecule has 0 spiro atoms. The number of H-pyrrole nitrogens is 1. The van der Waals surface area contributed by atoms with E-state index in [1.54, 1.807) is 6.20 Å². The second kappa shape index (κ2) is 1.95. The summed E-state index contributed by atoms with van der Waals surface area (Å²) in [4.78, 5) is 13.7. The normalized spacial score (nSPS) is 15.2. The molecular formula is C7H8N2O. The van der Waals surface area contributed by atoms with Gasteiger partial charge in [-0.3, -0.25) is 4.79 Å². The average molecular weight is 136 g/mol. The van der Waals surface area contributed by atoms with Gasteiger partial charge in [-0.15, -0.1) is 0 Å². The first kappa shape index (κ1) is 5.68. The Morgan fingerprint density at radius 1 is 1.40 bits per heavy atom. The van der Waals surface area contributed by atoms with Crippen molar-refractivity contribution in [1.29, 1.82) is 0 Å². The minimum absolute atomic E-state index is 0.0440. The van der Waals surface area contributed by atoms with Gasteiger partial charge in [0.05, 0.1) is 0 Å². The Hall–Kier alpha value is -1.09. The highest BCUT2D eigenvalue weighted by Crippen LogP contribution is 2.07. The smallest absolute Gasteiger partial charge is 0.252 e. The number of rotatable bonds is 0. The molecule has 3 heteroatoms. The second-order valence-electron chi connectivity index (χ2n) is 2.41. The summed E-state index contributed by atoms with van der Waals surface area (Å²) >= 11 is 0. The summed E-state index contributed by atoms with van der Waals surface area (Å²) in [6.07, 6.45) is 1.69. The fourth-order valence-electron chi connectivity index (χ4n) is 1.23. The van der Waals surface area contributed by atoms with E-state index in [1.807, 2.05) is 6.07 Å². The van der Waals surface area contributed by atoms with Crippen LogP contribution in [0.4, 0.5) is 0 Å². The molecule has 1 aliphatic heterocycles. The van der Waals surface area contributed by atoms with Crippen molar-refractivity contribution in [1.82, 2.24) is 10.3 Å². The predicted molar refractivity (Wildman–Crippen MR) is 37.6 cm³/mol. The molecule has 2 N–H and O–H groups in total. The Morgan fingerprint density at radius 3 is 3.10 bits per heavy atom. The van der Waals surface area contributed by atoms with Gasteiger partial charge in [-0.2, -0.15) is 0 Å². The van der Waals surface area contributed by atoms with Crippen LogP contribution in [-0.2, 0) is 13.1 Å². The summed E-state index contributed by atoms with van der Waals surface area (Å²) in [5.74, 6) is 0. The Labute approximate surface area is 58.1 Å². The van der Waals surface area contributed by atoms with Crippen LogP contribution < -0.4 is 10.9 Å². The molecule has 0 saturated carbocycles. The van der Waals surface area contributed by atoms with Gasteiger partial charge in [-0.05, 0) is 11.6 Å². The predicted octanol–water partition coefficient (Wildman–Crippen LogP) is -0.0219. The fraction of sp³-hybridized carbons (Fsp3) is 0.286. The third kappa shape index (κ3) is 0.675. The van der Waals surface area contributed by atoms with E-state index in [-0.39, 0.29) is 5.56 Å². The summed E-state index contributed by atoms with van der Waals surface area (Å²) in [5, 5.41) is 3.11. The van der Waals surface area contributed by atoms with Crippen LogP contribution in [0, 0.1) is 0 Å². The first-order valence-electron chi connectivity index (χ1n) is 3.28. The highest BCUT2D eigenvalue weighted by Gasteiger charge is 2.11. The van der Waals surface area contributed by atoms with Crippen molar-refractivity contribution < 1.29 is 0 Å². The Morgan fingerprint density at radius 2 is 2.30 bits per heavy atom. The largest absolute Gasteiger partial charge is 0.329 e. The van der Waals surface area contributed by atoms with Crippen molar-refractivity contribution >= 4 is 0 Å². The van der Waals surface area contributed by atoms with E-state index in [1.165, 1.54) is 0 Å². The lowest BCUT2D eigenvalue weighted by molar-refractivity contribution is 0.762. The number of aromatic nitrogens is 1. The molecule has 0 radical (unpaired) electrons. The Balaban J connectivity index is 2.70. The van der Waals surface area contributed by atoms with E-state index in [0.29, 0.717) is 6.54 Å². The highest BCUT2D eigenvalue weighted by molar-refractivity contribution is 5.26. The monoisotopic (exact) mass is 136 g/mol. The van der Waals surface area contributed by atoms with Crippen molar-refractivity contribution in [2.45, 2.75) is 13.1 Å². The summed E-state index contributed by atoms with van der Waals surface area (Å²) in [5.41, 5.74) is 2.06. The van der Waals surface area contributed by atoms with Gasteiger partial charge in [0.25, 0.3) is 5.56 Å². The summed E-state index contributed by atoms with van der Waals surface area (Å²) in [7, 11) is 0. The van der Waals surface area contributed by atoms with Gasteiger partial charge in [0, 0.05) is 24.8 Å². The van der Waals surface area contributed by atoms with Crippen molar-refractivity contribution in [3.05, 3.63) is 33.7 Å². The molecule has 3 nitrogen and oxygen atoms in total. The lowest BCUT2D eigenvalue weighted by atomic mass is 10.2. The van der Waals surface area contributed by atoms with Crippen LogP contribution in [0.3, 0.4) is 0 Å². The average Bonchev–Trinajstić information content (AvgIpc) is 2.36. The van der Waals surface area contributed by atoms with Gasteiger partial charge in [-0.25, -0.2) is 0 Å². The molecule has 0 unspecified atom stereocenters. The fourth-order valence-corrected chi connectivity index (χ4v) is 1.23. The number of nitrogens with one attached hydrogen (secondary N) is 2. The number of pyridine rings is 1. The van der Waals surface area contributed by atoms with Crippen LogP contribution in [0.5, 0.6) is 0 Å². The maximum absolute atomic E-state index is 11.0. The molecule has 2 heterocycles. The topological polar surface area (TPSA) is 44.9 Å². The SMILES string of the molecule is O=c1[nH]ccc2c1CNC2. The molecular weight excluding hydrogens is 128 g/mol. The van der Waals surface area contributed by atoms with Crippen molar-refractivity contribution in [2.24, 2.45) is 0 Å². The molecule has 0 atom stereocenters. The molecule has 10 heavy (non-hydrogen) atoms. The van der Waals surface area contributed by atoms with Gasteiger partial charge < -0.3 is 10.3 Å². The molecule has 0 aliphatic carbocycles. The van der Waals surface area contributed by atoms with E-state index in [4.69, 9.17) is 0 Å². The van der Waals surface area contributed by atoms with Crippen molar-refractivity contribution in [3.8, 4) is 0 Å².